The fraction of sp³-hybridized carbons (Fsp3) is 0.500. The van der Waals surface area contributed by atoms with E-state index in [0.29, 0.717) is 18.0 Å². The Morgan fingerprint density at radius 3 is 2.73 bits per heavy atom. The minimum atomic E-state index is -0.258. The fourth-order valence-electron chi connectivity index (χ4n) is 2.59. The summed E-state index contributed by atoms with van der Waals surface area (Å²) in [7, 11) is 0. The lowest BCUT2D eigenvalue weighted by Crippen LogP contribution is -2.23. The van der Waals surface area contributed by atoms with Crippen LogP contribution in [0.15, 0.2) is 29.4 Å². The van der Waals surface area contributed by atoms with Gasteiger partial charge in [-0.25, -0.2) is 4.98 Å². The highest BCUT2D eigenvalue weighted by molar-refractivity contribution is 8.00. The second-order valence-corrected chi connectivity index (χ2v) is 7.56. The van der Waals surface area contributed by atoms with Gasteiger partial charge in [0, 0.05) is 12.2 Å². The zero-order valence-corrected chi connectivity index (χ0v) is 17.2. The Morgan fingerprint density at radius 2 is 2.04 bits per heavy atom. The topological polar surface area (TPSA) is 56.2 Å². The average molecular weight is 376 g/mol. The third-order valence-electron chi connectivity index (χ3n) is 4.25. The number of para-hydroxylation sites is 2. The summed E-state index contributed by atoms with van der Waals surface area (Å²) < 4.78 is 7.80. The molecule has 26 heavy (non-hydrogen) atoms. The summed E-state index contributed by atoms with van der Waals surface area (Å²) in [6.45, 7) is 11.6. The molecule has 0 aliphatic rings. The molecule has 5 nitrogen and oxygen atoms in total. The third kappa shape index (κ3) is 5.04. The number of imidazole rings is 1. The van der Waals surface area contributed by atoms with Gasteiger partial charge < -0.3 is 14.6 Å². The van der Waals surface area contributed by atoms with E-state index in [4.69, 9.17) is 4.74 Å². The van der Waals surface area contributed by atoms with E-state index in [1.54, 1.807) is 0 Å². The van der Waals surface area contributed by atoms with Crippen LogP contribution in [0.5, 0.6) is 5.75 Å². The molecule has 0 saturated heterocycles. The normalized spacial score (nSPS) is 12.0. The first-order valence-electron chi connectivity index (χ1n) is 9.20. The Hall–Kier alpha value is -1.95. The maximum Gasteiger partial charge on any atom is 0.237 e. The number of hydrogen-bond donors (Lipinski definition) is 1. The molecular formula is C20H29N3O2S. The SMILES string of the molecule is CCCCn1c(S[C@@H](C)C(=O)Nc2ccccc2OCC)nc(C)c1C. The Balaban J connectivity index is 2.09. The lowest BCUT2D eigenvalue weighted by atomic mass is 10.3. The van der Waals surface area contributed by atoms with Gasteiger partial charge in [-0.15, -0.1) is 0 Å². The van der Waals surface area contributed by atoms with Gasteiger partial charge >= 0.3 is 0 Å². The maximum atomic E-state index is 12.7. The van der Waals surface area contributed by atoms with Crippen LogP contribution >= 0.6 is 11.8 Å². The van der Waals surface area contributed by atoms with E-state index in [2.05, 4.69) is 28.7 Å². The van der Waals surface area contributed by atoms with Crippen molar-refractivity contribution in [3.8, 4) is 5.75 Å². The predicted molar refractivity (Wildman–Crippen MR) is 108 cm³/mol. The molecule has 0 aliphatic carbocycles. The van der Waals surface area contributed by atoms with Gasteiger partial charge in [-0.3, -0.25) is 4.79 Å². The summed E-state index contributed by atoms with van der Waals surface area (Å²) in [5.74, 6) is 0.638. The molecule has 1 atom stereocenters. The molecule has 1 aromatic heterocycles. The number of nitrogens with one attached hydrogen (secondary N) is 1. The molecule has 0 aliphatic heterocycles. The van der Waals surface area contributed by atoms with Crippen molar-refractivity contribution in [1.82, 2.24) is 9.55 Å². The van der Waals surface area contributed by atoms with E-state index in [0.717, 1.165) is 30.2 Å². The number of nitrogens with zero attached hydrogens (tertiary/aromatic N) is 2. The zero-order valence-electron chi connectivity index (χ0n) is 16.3. The van der Waals surface area contributed by atoms with Crippen molar-refractivity contribution in [3.63, 3.8) is 0 Å². The summed E-state index contributed by atoms with van der Waals surface area (Å²) in [4.78, 5) is 17.3. The summed E-state index contributed by atoms with van der Waals surface area (Å²) in [5, 5.41) is 3.63. The van der Waals surface area contributed by atoms with Gasteiger partial charge in [-0.1, -0.05) is 37.2 Å². The molecule has 0 spiro atoms. The van der Waals surface area contributed by atoms with Crippen LogP contribution in [-0.4, -0.2) is 27.3 Å². The number of aromatic nitrogens is 2. The first-order valence-corrected chi connectivity index (χ1v) is 10.1. The van der Waals surface area contributed by atoms with Gasteiger partial charge in [0.05, 0.1) is 23.2 Å². The standard InChI is InChI=1S/C20H29N3O2S/c1-6-8-13-23-15(4)14(3)21-20(23)26-16(5)19(24)22-17-11-9-10-12-18(17)25-7-2/h9-12,16H,6-8,13H2,1-5H3,(H,22,24)/t16-/m0/s1. The molecule has 142 valence electrons. The first-order chi connectivity index (χ1) is 12.5. The van der Waals surface area contributed by atoms with Crippen molar-refractivity contribution in [3.05, 3.63) is 35.7 Å². The molecule has 1 N–H and O–H groups in total. The largest absolute Gasteiger partial charge is 0.492 e. The number of carbonyl (C=O) groups is 1. The van der Waals surface area contributed by atoms with E-state index in [1.165, 1.54) is 17.5 Å². The lowest BCUT2D eigenvalue weighted by molar-refractivity contribution is -0.115. The van der Waals surface area contributed by atoms with Crippen molar-refractivity contribution in [2.75, 3.05) is 11.9 Å². The molecule has 1 amide bonds. The molecule has 6 heteroatoms. The number of thioether (sulfide) groups is 1. The second kappa shape index (κ2) is 9.67. The Bertz CT molecular complexity index is 743. The van der Waals surface area contributed by atoms with Crippen molar-refractivity contribution in [2.24, 2.45) is 0 Å². The third-order valence-corrected chi connectivity index (χ3v) is 5.34. The molecule has 0 radical (unpaired) electrons. The minimum absolute atomic E-state index is 0.0532. The number of hydrogen-bond acceptors (Lipinski definition) is 4. The van der Waals surface area contributed by atoms with E-state index < -0.39 is 0 Å². The van der Waals surface area contributed by atoms with E-state index in [1.807, 2.05) is 45.0 Å². The average Bonchev–Trinajstić information content (AvgIpc) is 2.88. The second-order valence-electron chi connectivity index (χ2n) is 6.25. The van der Waals surface area contributed by atoms with Crippen LogP contribution in [0.1, 0.15) is 45.0 Å². The smallest absolute Gasteiger partial charge is 0.237 e. The number of benzene rings is 1. The summed E-state index contributed by atoms with van der Waals surface area (Å²) in [5.41, 5.74) is 2.90. The van der Waals surface area contributed by atoms with Gasteiger partial charge in [0.1, 0.15) is 5.75 Å². The van der Waals surface area contributed by atoms with Gasteiger partial charge in [0.15, 0.2) is 5.16 Å². The maximum absolute atomic E-state index is 12.7. The van der Waals surface area contributed by atoms with Gasteiger partial charge in [-0.05, 0) is 46.2 Å². The first kappa shape index (κ1) is 20.4. The van der Waals surface area contributed by atoms with Crippen LogP contribution in [-0.2, 0) is 11.3 Å². The number of rotatable bonds is 9. The molecule has 0 unspecified atom stereocenters. The van der Waals surface area contributed by atoms with E-state index >= 15 is 0 Å². The quantitative estimate of drug-likeness (QED) is 0.639. The molecule has 1 aromatic carbocycles. The number of anilines is 1. The predicted octanol–water partition coefficient (Wildman–Crippen LogP) is 4.82. The van der Waals surface area contributed by atoms with Crippen molar-refractivity contribution >= 4 is 23.4 Å². The summed E-state index contributed by atoms with van der Waals surface area (Å²) in [6.07, 6.45) is 2.23. The molecule has 0 fully saturated rings. The molecule has 0 saturated carbocycles. The van der Waals surface area contributed by atoms with Gasteiger partial charge in [-0.2, -0.15) is 0 Å². The zero-order chi connectivity index (χ0) is 19.1. The molecular weight excluding hydrogens is 346 g/mol. The highest BCUT2D eigenvalue weighted by atomic mass is 32.2. The number of unbranched alkanes of at least 4 members (excludes halogenated alkanes) is 1. The van der Waals surface area contributed by atoms with Crippen LogP contribution in [0, 0.1) is 13.8 Å². The number of ether oxygens (including phenoxy) is 1. The van der Waals surface area contributed by atoms with E-state index in [-0.39, 0.29) is 11.2 Å². The summed E-state index contributed by atoms with van der Waals surface area (Å²) >= 11 is 1.50. The monoisotopic (exact) mass is 375 g/mol. The van der Waals surface area contributed by atoms with Crippen LogP contribution in [0.25, 0.3) is 0 Å². The van der Waals surface area contributed by atoms with Gasteiger partial charge in [0.2, 0.25) is 5.91 Å². The van der Waals surface area contributed by atoms with Crippen molar-refractivity contribution in [2.45, 2.75) is 64.4 Å². The molecule has 2 aromatic rings. The highest BCUT2D eigenvalue weighted by Gasteiger charge is 2.20. The Kier molecular flexibility index (Phi) is 7.57. The number of aryl methyl sites for hydroxylation is 1. The van der Waals surface area contributed by atoms with E-state index in [9.17, 15) is 4.79 Å². The number of amides is 1. The fourth-order valence-corrected chi connectivity index (χ4v) is 3.62. The molecule has 1 heterocycles. The Morgan fingerprint density at radius 1 is 1.31 bits per heavy atom. The minimum Gasteiger partial charge on any atom is -0.492 e. The van der Waals surface area contributed by atoms with Crippen LogP contribution in [0.2, 0.25) is 0 Å². The van der Waals surface area contributed by atoms with Crippen molar-refractivity contribution < 1.29 is 9.53 Å². The highest BCUT2D eigenvalue weighted by Crippen LogP contribution is 2.28. The Labute approximate surface area is 160 Å². The van der Waals surface area contributed by atoms with Crippen LogP contribution in [0.3, 0.4) is 0 Å². The molecule has 2 rings (SSSR count). The number of carbonyl (C=O) groups excluding carboxylic acids is 1. The van der Waals surface area contributed by atoms with Crippen molar-refractivity contribution in [1.29, 1.82) is 0 Å². The molecule has 0 bridgehead atoms. The van der Waals surface area contributed by atoms with Crippen LogP contribution < -0.4 is 10.1 Å². The van der Waals surface area contributed by atoms with Gasteiger partial charge in [0.25, 0.3) is 0 Å². The summed E-state index contributed by atoms with van der Waals surface area (Å²) in [6, 6.07) is 7.51. The van der Waals surface area contributed by atoms with Crippen LogP contribution in [0.4, 0.5) is 5.69 Å². The lowest BCUT2D eigenvalue weighted by Gasteiger charge is -2.15.